The molecule has 2 rings (SSSR count). The lowest BCUT2D eigenvalue weighted by Gasteiger charge is -2.32. The van der Waals surface area contributed by atoms with Crippen LogP contribution in [-0.2, 0) is 4.79 Å². The van der Waals surface area contributed by atoms with Crippen LogP contribution in [0.2, 0.25) is 0 Å². The summed E-state index contributed by atoms with van der Waals surface area (Å²) in [7, 11) is 0. The lowest BCUT2D eigenvalue weighted by atomic mass is 9.79. The van der Waals surface area contributed by atoms with Crippen molar-refractivity contribution in [2.45, 2.75) is 44.6 Å². The molecule has 1 fully saturated rings. The van der Waals surface area contributed by atoms with Crippen LogP contribution < -0.4 is 5.32 Å². The van der Waals surface area contributed by atoms with Gasteiger partial charge < -0.3 is 10.4 Å². The standard InChI is InChI=1S/C13H19NO2S/c1-3-10(11-7-9(2)8-17-11)13(12(15)16)5-4-6-14-13/h7-8,10,14H,3-6H2,1-2H3,(H,15,16)/t10?,13-/m1/s1. The average Bonchev–Trinajstić information content (AvgIpc) is 2.90. The van der Waals surface area contributed by atoms with E-state index in [1.165, 1.54) is 10.4 Å². The zero-order valence-corrected chi connectivity index (χ0v) is 11.1. The third-order valence-corrected chi connectivity index (χ3v) is 4.83. The normalized spacial score (nSPS) is 26.0. The number of aliphatic carboxylic acids is 1. The molecule has 94 valence electrons. The fraction of sp³-hybridized carbons (Fsp3) is 0.615. The van der Waals surface area contributed by atoms with Gasteiger partial charge in [0.25, 0.3) is 0 Å². The average molecular weight is 253 g/mol. The van der Waals surface area contributed by atoms with Crippen molar-refractivity contribution in [1.29, 1.82) is 0 Å². The first-order valence-corrected chi connectivity index (χ1v) is 7.01. The summed E-state index contributed by atoms with van der Waals surface area (Å²) in [6.45, 7) is 4.94. The second-order valence-electron chi connectivity index (χ2n) is 4.79. The van der Waals surface area contributed by atoms with E-state index in [4.69, 9.17) is 0 Å². The zero-order chi connectivity index (χ0) is 12.5. The van der Waals surface area contributed by atoms with Gasteiger partial charge in [-0.2, -0.15) is 0 Å². The van der Waals surface area contributed by atoms with Crippen LogP contribution >= 0.6 is 11.3 Å². The molecule has 1 aliphatic rings. The maximum Gasteiger partial charge on any atom is 0.324 e. The molecule has 2 atom stereocenters. The minimum Gasteiger partial charge on any atom is -0.480 e. The van der Waals surface area contributed by atoms with E-state index >= 15 is 0 Å². The molecule has 0 bridgehead atoms. The zero-order valence-electron chi connectivity index (χ0n) is 10.3. The third-order valence-electron chi connectivity index (χ3n) is 3.67. The van der Waals surface area contributed by atoms with Crippen molar-refractivity contribution in [2.75, 3.05) is 6.54 Å². The Kier molecular flexibility index (Phi) is 3.54. The van der Waals surface area contributed by atoms with E-state index in [0.29, 0.717) is 0 Å². The Labute approximate surface area is 106 Å². The van der Waals surface area contributed by atoms with Gasteiger partial charge in [-0.15, -0.1) is 11.3 Å². The predicted molar refractivity (Wildman–Crippen MR) is 69.7 cm³/mol. The predicted octanol–water partition coefficient (Wildman–Crippen LogP) is 2.76. The van der Waals surface area contributed by atoms with Crippen molar-refractivity contribution >= 4 is 17.3 Å². The second-order valence-corrected chi connectivity index (χ2v) is 5.74. The molecule has 0 radical (unpaired) electrons. The van der Waals surface area contributed by atoms with Crippen LogP contribution in [0, 0.1) is 6.92 Å². The lowest BCUT2D eigenvalue weighted by molar-refractivity contribution is -0.145. The Hall–Kier alpha value is -0.870. The Morgan fingerprint density at radius 1 is 1.71 bits per heavy atom. The summed E-state index contributed by atoms with van der Waals surface area (Å²) in [5, 5.41) is 14.9. The van der Waals surface area contributed by atoms with Gasteiger partial charge in [0.15, 0.2) is 0 Å². The molecule has 0 spiro atoms. The monoisotopic (exact) mass is 253 g/mol. The van der Waals surface area contributed by atoms with Crippen molar-refractivity contribution in [3.63, 3.8) is 0 Å². The number of rotatable bonds is 4. The minimum absolute atomic E-state index is 0.0844. The smallest absolute Gasteiger partial charge is 0.324 e. The largest absolute Gasteiger partial charge is 0.480 e. The first kappa shape index (κ1) is 12.6. The SMILES string of the molecule is CCC(c1cc(C)cs1)[C@@]1(C(=O)O)CCCN1. The summed E-state index contributed by atoms with van der Waals surface area (Å²) in [4.78, 5) is 12.8. The molecule has 4 heteroatoms. The van der Waals surface area contributed by atoms with E-state index < -0.39 is 11.5 Å². The lowest BCUT2D eigenvalue weighted by Crippen LogP contribution is -2.52. The van der Waals surface area contributed by atoms with Gasteiger partial charge in [-0.25, -0.2) is 0 Å². The number of thiophene rings is 1. The maximum absolute atomic E-state index is 11.6. The quantitative estimate of drug-likeness (QED) is 0.867. The van der Waals surface area contributed by atoms with Gasteiger partial charge in [-0.3, -0.25) is 4.79 Å². The van der Waals surface area contributed by atoms with Crippen molar-refractivity contribution in [1.82, 2.24) is 5.32 Å². The van der Waals surface area contributed by atoms with Crippen molar-refractivity contribution in [3.8, 4) is 0 Å². The van der Waals surface area contributed by atoms with Crippen LogP contribution in [0.4, 0.5) is 0 Å². The van der Waals surface area contributed by atoms with E-state index in [9.17, 15) is 9.90 Å². The molecule has 0 aliphatic carbocycles. The third kappa shape index (κ3) is 2.11. The number of hydrogen-bond acceptors (Lipinski definition) is 3. The topological polar surface area (TPSA) is 49.3 Å². The van der Waals surface area contributed by atoms with E-state index in [2.05, 4.69) is 30.6 Å². The summed E-state index contributed by atoms with van der Waals surface area (Å²) >= 11 is 1.68. The van der Waals surface area contributed by atoms with Gasteiger partial charge in [0, 0.05) is 10.8 Å². The molecule has 0 amide bonds. The Bertz CT molecular complexity index is 407. The molecule has 1 unspecified atom stereocenters. The summed E-state index contributed by atoms with van der Waals surface area (Å²) in [6.07, 6.45) is 2.55. The summed E-state index contributed by atoms with van der Waals surface area (Å²) < 4.78 is 0. The molecule has 17 heavy (non-hydrogen) atoms. The molecule has 0 aromatic carbocycles. The van der Waals surface area contributed by atoms with Gasteiger partial charge >= 0.3 is 5.97 Å². The number of hydrogen-bond donors (Lipinski definition) is 2. The highest BCUT2D eigenvalue weighted by atomic mass is 32.1. The van der Waals surface area contributed by atoms with E-state index in [1.807, 2.05) is 0 Å². The van der Waals surface area contributed by atoms with Crippen LogP contribution in [0.15, 0.2) is 11.4 Å². The van der Waals surface area contributed by atoms with Gasteiger partial charge in [-0.1, -0.05) is 6.92 Å². The molecule has 3 nitrogen and oxygen atoms in total. The number of carbonyl (C=O) groups is 1. The van der Waals surface area contributed by atoms with Gasteiger partial charge in [0.1, 0.15) is 5.54 Å². The molecule has 1 aliphatic heterocycles. The fourth-order valence-electron chi connectivity index (χ4n) is 2.82. The van der Waals surface area contributed by atoms with Crippen molar-refractivity contribution < 1.29 is 9.90 Å². The number of aryl methyl sites for hydroxylation is 1. The molecule has 0 saturated carbocycles. The molecule has 1 aromatic heterocycles. The number of carboxylic acids is 1. The maximum atomic E-state index is 11.6. The van der Waals surface area contributed by atoms with Crippen LogP contribution in [0.5, 0.6) is 0 Å². The molecular weight excluding hydrogens is 234 g/mol. The Morgan fingerprint density at radius 2 is 2.47 bits per heavy atom. The number of nitrogens with one attached hydrogen (secondary N) is 1. The molecule has 1 aromatic rings. The number of carboxylic acid groups (broad SMARTS) is 1. The van der Waals surface area contributed by atoms with E-state index in [-0.39, 0.29) is 5.92 Å². The van der Waals surface area contributed by atoms with Gasteiger partial charge in [0.2, 0.25) is 0 Å². The second kappa shape index (κ2) is 4.78. The van der Waals surface area contributed by atoms with Crippen molar-refractivity contribution in [2.24, 2.45) is 0 Å². The van der Waals surface area contributed by atoms with E-state index in [0.717, 1.165) is 25.8 Å². The highest BCUT2D eigenvalue weighted by molar-refractivity contribution is 7.10. The van der Waals surface area contributed by atoms with Crippen LogP contribution in [0.1, 0.15) is 42.5 Å². The molecule has 2 heterocycles. The molecule has 2 N–H and O–H groups in total. The Morgan fingerprint density at radius 3 is 2.88 bits per heavy atom. The molecule has 1 saturated heterocycles. The minimum atomic E-state index is -0.744. The first-order chi connectivity index (χ1) is 8.10. The fourth-order valence-corrected chi connectivity index (χ4v) is 4.00. The summed E-state index contributed by atoms with van der Waals surface area (Å²) in [5.41, 5.74) is 0.480. The van der Waals surface area contributed by atoms with Gasteiger partial charge in [-0.05, 0) is 49.7 Å². The van der Waals surface area contributed by atoms with E-state index in [1.54, 1.807) is 11.3 Å². The Balaban J connectivity index is 2.36. The van der Waals surface area contributed by atoms with Crippen LogP contribution in [0.3, 0.4) is 0 Å². The van der Waals surface area contributed by atoms with Crippen LogP contribution in [-0.4, -0.2) is 23.2 Å². The highest BCUT2D eigenvalue weighted by Gasteiger charge is 2.48. The first-order valence-electron chi connectivity index (χ1n) is 6.13. The van der Waals surface area contributed by atoms with Crippen molar-refractivity contribution in [3.05, 3.63) is 21.9 Å². The molecular formula is C13H19NO2S. The summed E-state index contributed by atoms with van der Waals surface area (Å²) in [5.74, 6) is -0.617. The highest BCUT2D eigenvalue weighted by Crippen LogP contribution is 2.40. The summed E-state index contributed by atoms with van der Waals surface area (Å²) in [6, 6.07) is 2.13. The van der Waals surface area contributed by atoms with Crippen LogP contribution in [0.25, 0.3) is 0 Å². The van der Waals surface area contributed by atoms with Gasteiger partial charge in [0.05, 0.1) is 0 Å².